The van der Waals surface area contributed by atoms with Gasteiger partial charge in [-0.25, -0.2) is 4.98 Å². The molecule has 0 spiro atoms. The summed E-state index contributed by atoms with van der Waals surface area (Å²) >= 11 is 0. The molecule has 2 aromatic heterocycles. The molecular formula is C18H24N6O3. The summed E-state index contributed by atoms with van der Waals surface area (Å²) in [6, 6.07) is 1.58. The number of carbonyl (C=O) groups is 2. The Bertz CT molecular complexity index is 737. The highest BCUT2D eigenvalue weighted by Crippen LogP contribution is 2.15. The van der Waals surface area contributed by atoms with Crippen LogP contribution in [-0.4, -0.2) is 80.8 Å². The molecule has 0 bridgehead atoms. The van der Waals surface area contributed by atoms with Gasteiger partial charge in [-0.05, 0) is 12.5 Å². The third-order valence-corrected chi connectivity index (χ3v) is 4.55. The summed E-state index contributed by atoms with van der Waals surface area (Å²) in [5, 5.41) is 4.15. The summed E-state index contributed by atoms with van der Waals surface area (Å²) in [7, 11) is 1.78. The molecule has 2 amide bonds. The van der Waals surface area contributed by atoms with E-state index < -0.39 is 0 Å². The highest BCUT2D eigenvalue weighted by molar-refractivity contribution is 5.92. The molecule has 27 heavy (non-hydrogen) atoms. The topological polar surface area (TPSA) is 93.5 Å². The lowest BCUT2D eigenvalue weighted by atomic mass is 10.1. The van der Waals surface area contributed by atoms with Gasteiger partial charge in [-0.3, -0.25) is 19.3 Å². The third kappa shape index (κ3) is 5.10. The van der Waals surface area contributed by atoms with Crippen molar-refractivity contribution in [2.45, 2.75) is 25.4 Å². The second-order valence-corrected chi connectivity index (χ2v) is 6.46. The van der Waals surface area contributed by atoms with Crippen LogP contribution in [-0.2, 0) is 16.1 Å². The number of morpholine rings is 1. The highest BCUT2D eigenvalue weighted by atomic mass is 16.5. The van der Waals surface area contributed by atoms with Gasteiger partial charge in [0.25, 0.3) is 5.91 Å². The summed E-state index contributed by atoms with van der Waals surface area (Å²) in [5.74, 6) is -0.228. The van der Waals surface area contributed by atoms with E-state index in [1.807, 2.05) is 16.9 Å². The minimum absolute atomic E-state index is 0.0112. The number of rotatable bonds is 7. The number of carbonyl (C=O) groups excluding carboxylic acids is 2. The first-order valence-electron chi connectivity index (χ1n) is 9.01. The first-order valence-corrected chi connectivity index (χ1v) is 9.01. The number of hydrogen-bond donors (Lipinski definition) is 0. The molecule has 0 N–H and O–H groups in total. The van der Waals surface area contributed by atoms with Crippen molar-refractivity contribution in [3.63, 3.8) is 0 Å². The Morgan fingerprint density at radius 3 is 2.96 bits per heavy atom. The van der Waals surface area contributed by atoms with Gasteiger partial charge in [0.1, 0.15) is 5.69 Å². The first-order chi connectivity index (χ1) is 13.1. The number of hydrogen-bond acceptors (Lipinski definition) is 6. The van der Waals surface area contributed by atoms with Gasteiger partial charge < -0.3 is 14.5 Å². The number of ether oxygens (including phenoxy) is 1. The monoisotopic (exact) mass is 372 g/mol. The van der Waals surface area contributed by atoms with E-state index in [2.05, 4.69) is 15.1 Å². The maximum absolute atomic E-state index is 12.7. The number of aromatic nitrogens is 4. The van der Waals surface area contributed by atoms with Crippen LogP contribution in [0, 0.1) is 0 Å². The van der Waals surface area contributed by atoms with Gasteiger partial charge in [0, 0.05) is 57.9 Å². The zero-order valence-electron chi connectivity index (χ0n) is 15.4. The lowest BCUT2D eigenvalue weighted by Crippen LogP contribution is -2.50. The maximum Gasteiger partial charge on any atom is 0.274 e. The van der Waals surface area contributed by atoms with Crippen molar-refractivity contribution < 1.29 is 14.3 Å². The first kappa shape index (κ1) is 19.0. The van der Waals surface area contributed by atoms with Crippen LogP contribution in [0.4, 0.5) is 0 Å². The molecule has 3 rings (SSSR count). The van der Waals surface area contributed by atoms with Gasteiger partial charge in [-0.2, -0.15) is 5.10 Å². The quantitative estimate of drug-likeness (QED) is 0.701. The van der Waals surface area contributed by atoms with E-state index >= 15 is 0 Å². The van der Waals surface area contributed by atoms with Crippen molar-refractivity contribution in [3.05, 3.63) is 42.7 Å². The average Bonchev–Trinajstić information content (AvgIpc) is 3.22. The van der Waals surface area contributed by atoms with Gasteiger partial charge in [0.15, 0.2) is 0 Å². The average molecular weight is 372 g/mol. The summed E-state index contributed by atoms with van der Waals surface area (Å²) in [6.07, 6.45) is 9.13. The molecule has 1 fully saturated rings. The van der Waals surface area contributed by atoms with E-state index in [4.69, 9.17) is 4.74 Å². The Labute approximate surface area is 157 Å². The fraction of sp³-hybridized carbons (Fsp3) is 0.500. The number of amides is 2. The van der Waals surface area contributed by atoms with Crippen LogP contribution in [0.5, 0.6) is 0 Å². The fourth-order valence-electron chi connectivity index (χ4n) is 3.03. The second-order valence-electron chi connectivity index (χ2n) is 6.46. The summed E-state index contributed by atoms with van der Waals surface area (Å²) < 4.78 is 7.34. The van der Waals surface area contributed by atoms with Gasteiger partial charge in [0.05, 0.1) is 25.5 Å². The molecule has 3 heterocycles. The molecule has 2 aromatic rings. The fourth-order valence-corrected chi connectivity index (χ4v) is 3.03. The maximum atomic E-state index is 12.7. The predicted molar refractivity (Wildman–Crippen MR) is 96.8 cm³/mol. The summed E-state index contributed by atoms with van der Waals surface area (Å²) in [4.78, 5) is 36.7. The lowest BCUT2D eigenvalue weighted by molar-refractivity contribution is -0.132. The zero-order chi connectivity index (χ0) is 19.1. The molecule has 0 aliphatic carbocycles. The van der Waals surface area contributed by atoms with Crippen molar-refractivity contribution in [1.29, 1.82) is 0 Å². The highest BCUT2D eigenvalue weighted by Gasteiger charge is 2.31. The Hall–Kier alpha value is -2.81. The number of aryl methyl sites for hydroxylation is 1. The minimum atomic E-state index is -0.297. The molecular weight excluding hydrogens is 348 g/mol. The van der Waals surface area contributed by atoms with Crippen LogP contribution < -0.4 is 0 Å². The minimum Gasteiger partial charge on any atom is -0.377 e. The van der Waals surface area contributed by atoms with E-state index in [-0.39, 0.29) is 30.0 Å². The van der Waals surface area contributed by atoms with Crippen LogP contribution in [0.15, 0.2) is 37.1 Å². The second kappa shape index (κ2) is 9.22. The Morgan fingerprint density at radius 1 is 1.33 bits per heavy atom. The van der Waals surface area contributed by atoms with Crippen LogP contribution >= 0.6 is 0 Å². The molecule has 9 nitrogen and oxygen atoms in total. The van der Waals surface area contributed by atoms with Crippen molar-refractivity contribution in [2.24, 2.45) is 0 Å². The molecule has 0 saturated carbocycles. The van der Waals surface area contributed by atoms with E-state index in [0.29, 0.717) is 26.3 Å². The molecule has 1 aliphatic heterocycles. The molecule has 144 valence electrons. The smallest absolute Gasteiger partial charge is 0.274 e. The Kier molecular flexibility index (Phi) is 6.48. The SMILES string of the molecule is CN(CCCn1cccn1)C(=O)C[C@H]1COCCN1C(=O)c1cnccn1. The Morgan fingerprint density at radius 2 is 2.22 bits per heavy atom. The van der Waals surface area contributed by atoms with Crippen LogP contribution in [0.1, 0.15) is 23.3 Å². The van der Waals surface area contributed by atoms with E-state index in [9.17, 15) is 9.59 Å². The van der Waals surface area contributed by atoms with Crippen LogP contribution in [0.3, 0.4) is 0 Å². The van der Waals surface area contributed by atoms with Gasteiger partial charge in [-0.15, -0.1) is 0 Å². The molecule has 1 atom stereocenters. The molecule has 1 aliphatic rings. The van der Waals surface area contributed by atoms with Crippen molar-refractivity contribution in [1.82, 2.24) is 29.5 Å². The van der Waals surface area contributed by atoms with E-state index in [1.165, 1.54) is 18.6 Å². The molecule has 0 radical (unpaired) electrons. The van der Waals surface area contributed by atoms with Gasteiger partial charge in [0.2, 0.25) is 5.91 Å². The lowest BCUT2D eigenvalue weighted by Gasteiger charge is -2.35. The normalized spacial score (nSPS) is 16.9. The van der Waals surface area contributed by atoms with Crippen LogP contribution in [0.2, 0.25) is 0 Å². The van der Waals surface area contributed by atoms with Gasteiger partial charge in [-0.1, -0.05) is 0 Å². The molecule has 0 unspecified atom stereocenters. The Balaban J connectivity index is 1.53. The van der Waals surface area contributed by atoms with Crippen molar-refractivity contribution >= 4 is 11.8 Å². The number of nitrogens with zero attached hydrogens (tertiary/aromatic N) is 6. The van der Waals surface area contributed by atoms with E-state index in [0.717, 1.165) is 13.0 Å². The standard InChI is InChI=1S/C18H24N6O3/c1-22(7-3-9-23-8-2-4-21-23)17(25)12-15-14-27-11-10-24(15)18(26)16-13-19-5-6-20-16/h2,4-6,8,13,15H,3,7,9-12,14H2,1H3/t15-/m0/s1. The van der Waals surface area contributed by atoms with Crippen molar-refractivity contribution in [3.8, 4) is 0 Å². The van der Waals surface area contributed by atoms with E-state index in [1.54, 1.807) is 23.0 Å². The third-order valence-electron chi connectivity index (χ3n) is 4.55. The molecule has 0 aromatic carbocycles. The van der Waals surface area contributed by atoms with Crippen LogP contribution in [0.25, 0.3) is 0 Å². The molecule has 9 heteroatoms. The summed E-state index contributed by atoms with van der Waals surface area (Å²) in [5.41, 5.74) is 0.282. The molecule has 1 saturated heterocycles. The summed E-state index contributed by atoms with van der Waals surface area (Å²) in [6.45, 7) is 2.63. The largest absolute Gasteiger partial charge is 0.377 e. The zero-order valence-corrected chi connectivity index (χ0v) is 15.4. The predicted octanol–water partition coefficient (Wildman–Crippen LogP) is 0.453. The van der Waals surface area contributed by atoms with Crippen molar-refractivity contribution in [2.75, 3.05) is 33.4 Å². The van der Waals surface area contributed by atoms with Gasteiger partial charge >= 0.3 is 0 Å².